The van der Waals surface area contributed by atoms with Gasteiger partial charge in [0.15, 0.2) is 12.6 Å². The molecular formula is C61H97FN8O16. The Kier molecular flexibility index (Phi) is 24.4. The van der Waals surface area contributed by atoms with Crippen LogP contribution >= 0.6 is 0 Å². The van der Waals surface area contributed by atoms with E-state index in [4.69, 9.17) is 52.2 Å². The van der Waals surface area contributed by atoms with E-state index < -0.39 is 133 Å². The summed E-state index contributed by atoms with van der Waals surface area (Å²) in [5.74, 6) is -3.37. The molecule has 4 fully saturated rings. The van der Waals surface area contributed by atoms with Crippen molar-refractivity contribution in [3.8, 4) is 11.1 Å². The average Bonchev–Trinajstić information content (AvgIpc) is 1.87. The molecule has 484 valence electrons. The van der Waals surface area contributed by atoms with E-state index in [1.807, 2.05) is 63.9 Å². The summed E-state index contributed by atoms with van der Waals surface area (Å²) in [5.41, 5.74) is -0.936. The van der Waals surface area contributed by atoms with Crippen molar-refractivity contribution in [2.24, 2.45) is 28.8 Å². The summed E-state index contributed by atoms with van der Waals surface area (Å²) in [6.45, 7) is 19.7. The molecule has 0 amide bonds. The van der Waals surface area contributed by atoms with E-state index in [1.165, 1.54) is 40.0 Å². The van der Waals surface area contributed by atoms with Crippen LogP contribution in [0, 0.1) is 23.7 Å². The standard InChI is InChI=1S/C61H97FN8O16/c1-16-47-61(10,75)53(72)37(4)49(66-81-34-76-12)35(2)28-60(9,79-15)55(38(5)51(39(6)56(74)84-47)85-48-29-59(8,78-14)54(73)40(7)83-48)86-57-50(71)45(27-36(3)82-57)68(11)22-21-44-33-70(67-65-44)46(30-62)52(77-13)42-19-17-41(18-20-42)43-31-63-58(64-32-43)69-23-25-80-26-24-69/h17-20,31-33,35-40,45-48,50-55,57,71-73,75H,16,21-30,34H2,1-15H3/b66-49+/t35-,36-,37+,38+,39-,40+,45+,46-,47-,48+,50-,51+,52-,53-,54+,55-,57+,59-,60-,61-/m1/s1. The van der Waals surface area contributed by atoms with E-state index in [1.54, 1.807) is 53.2 Å². The number of anilines is 1. The van der Waals surface area contributed by atoms with Crippen molar-refractivity contribution in [1.82, 2.24) is 29.9 Å². The lowest BCUT2D eigenvalue weighted by Gasteiger charge is -2.50. The van der Waals surface area contributed by atoms with Crippen LogP contribution in [0.2, 0.25) is 0 Å². The Labute approximate surface area is 506 Å². The summed E-state index contributed by atoms with van der Waals surface area (Å²) in [6, 6.07) is 6.34. The number of aliphatic hydroxyl groups is 4. The van der Waals surface area contributed by atoms with Crippen molar-refractivity contribution >= 4 is 17.6 Å². The third-order valence-corrected chi connectivity index (χ3v) is 18.4. The normalized spacial score (nSPS) is 36.6. The van der Waals surface area contributed by atoms with Crippen molar-refractivity contribution in [3.63, 3.8) is 0 Å². The van der Waals surface area contributed by atoms with Gasteiger partial charge in [0.25, 0.3) is 0 Å². The molecule has 20 atom stereocenters. The van der Waals surface area contributed by atoms with Crippen LogP contribution in [0.25, 0.3) is 11.1 Å². The first-order valence-corrected chi connectivity index (χ1v) is 30.2. The maximum Gasteiger partial charge on any atom is 0.311 e. The van der Waals surface area contributed by atoms with Crippen molar-refractivity contribution in [1.29, 1.82) is 0 Å². The number of carbonyl (C=O) groups is 1. The second kappa shape index (κ2) is 30.4. The second-order valence-electron chi connectivity index (χ2n) is 24.6. The number of cyclic esters (lactones) is 1. The molecule has 3 aromatic rings. The third-order valence-electron chi connectivity index (χ3n) is 18.4. The van der Waals surface area contributed by atoms with Crippen LogP contribution in [0.1, 0.15) is 118 Å². The van der Waals surface area contributed by atoms with Gasteiger partial charge in [0.2, 0.25) is 12.7 Å². The van der Waals surface area contributed by atoms with Crippen LogP contribution in [-0.4, -0.2) is 228 Å². The monoisotopic (exact) mass is 1220 g/mol. The third kappa shape index (κ3) is 15.7. The molecule has 4 aliphatic heterocycles. The zero-order chi connectivity index (χ0) is 62.8. The van der Waals surface area contributed by atoms with E-state index >= 15 is 4.39 Å². The molecule has 0 bridgehead atoms. The highest BCUT2D eigenvalue weighted by Crippen LogP contribution is 2.43. The number of likely N-dealkylation sites (N-methyl/N-ethyl adjacent to an activating group) is 1. The number of methoxy groups -OCH3 is 4. The lowest BCUT2D eigenvalue weighted by atomic mass is 9.73. The van der Waals surface area contributed by atoms with E-state index in [0.717, 1.165) is 29.8 Å². The number of ether oxygens (including phenoxy) is 10. The summed E-state index contributed by atoms with van der Waals surface area (Å²) >= 11 is 0. The molecule has 0 aliphatic carbocycles. The summed E-state index contributed by atoms with van der Waals surface area (Å²) in [4.78, 5) is 33.6. The smallest absolute Gasteiger partial charge is 0.311 e. The first kappa shape index (κ1) is 69.0. The lowest BCUT2D eigenvalue weighted by molar-refractivity contribution is -0.319. The molecule has 24 nitrogen and oxygen atoms in total. The number of hydrogen-bond acceptors (Lipinski definition) is 23. The Morgan fingerprint density at radius 2 is 1.56 bits per heavy atom. The summed E-state index contributed by atoms with van der Waals surface area (Å²) < 4.78 is 78.8. The van der Waals surface area contributed by atoms with Gasteiger partial charge in [0.1, 0.15) is 42.7 Å². The van der Waals surface area contributed by atoms with Gasteiger partial charge in [-0.25, -0.2) is 19.0 Å². The van der Waals surface area contributed by atoms with Gasteiger partial charge in [0, 0.05) is 109 Å². The Morgan fingerprint density at radius 3 is 2.17 bits per heavy atom. The number of oxime groups is 1. The minimum absolute atomic E-state index is 0.0798. The van der Waals surface area contributed by atoms with Gasteiger partial charge in [-0.3, -0.25) is 4.79 Å². The maximum absolute atomic E-state index is 15.2. The Balaban J connectivity index is 1.13. The minimum atomic E-state index is -1.98. The topological polar surface area (TPSA) is 275 Å². The first-order chi connectivity index (χ1) is 40.9. The average molecular weight is 1220 g/mol. The van der Waals surface area contributed by atoms with Gasteiger partial charge in [-0.2, -0.15) is 0 Å². The van der Waals surface area contributed by atoms with Gasteiger partial charge in [0.05, 0.1) is 72.3 Å². The number of benzene rings is 1. The molecule has 4 N–H and O–H groups in total. The Bertz CT molecular complexity index is 2600. The number of morpholine rings is 1. The zero-order valence-corrected chi connectivity index (χ0v) is 53.0. The quantitative estimate of drug-likeness (QED) is 0.0459. The van der Waals surface area contributed by atoms with Gasteiger partial charge in [-0.05, 0) is 79.0 Å². The fourth-order valence-electron chi connectivity index (χ4n) is 13.0. The Hall–Kier alpha value is -4.45. The summed E-state index contributed by atoms with van der Waals surface area (Å²) in [6.07, 6.45) is -4.72. The van der Waals surface area contributed by atoms with Crippen molar-refractivity contribution in [2.45, 2.75) is 198 Å². The first-order valence-electron chi connectivity index (χ1n) is 30.2. The molecule has 0 saturated carbocycles. The zero-order valence-electron chi connectivity index (χ0n) is 53.0. The number of aliphatic hydroxyl groups excluding tert-OH is 3. The molecule has 7 rings (SSSR count). The fraction of sp³-hybridized carbons (Fsp3) is 0.770. The number of nitrogens with zero attached hydrogens (tertiary/aromatic N) is 8. The van der Waals surface area contributed by atoms with Gasteiger partial charge < -0.3 is 82.4 Å². The highest BCUT2D eigenvalue weighted by molar-refractivity contribution is 5.88. The molecule has 4 aliphatic rings. The number of aromatic nitrogens is 5. The van der Waals surface area contributed by atoms with Crippen molar-refractivity contribution in [3.05, 3.63) is 54.1 Å². The fourth-order valence-corrected chi connectivity index (χ4v) is 13.0. The molecule has 25 heteroatoms. The van der Waals surface area contributed by atoms with Crippen LogP contribution in [0.4, 0.5) is 10.3 Å². The van der Waals surface area contributed by atoms with Crippen LogP contribution < -0.4 is 4.90 Å². The van der Waals surface area contributed by atoms with Gasteiger partial charge >= 0.3 is 5.97 Å². The number of halogens is 1. The van der Waals surface area contributed by atoms with Crippen molar-refractivity contribution in [2.75, 3.05) is 86.7 Å². The van der Waals surface area contributed by atoms with Crippen molar-refractivity contribution < 1.29 is 81.8 Å². The molecule has 0 radical (unpaired) electrons. The van der Waals surface area contributed by atoms with E-state index in [2.05, 4.69) is 30.3 Å². The molecular weight excluding hydrogens is 1120 g/mol. The second-order valence-corrected chi connectivity index (χ2v) is 24.6. The number of esters is 1. The van der Waals surface area contributed by atoms with Crippen LogP contribution in [0.15, 0.2) is 48.0 Å². The molecule has 1 aromatic carbocycles. The van der Waals surface area contributed by atoms with E-state index in [9.17, 15) is 25.2 Å². The Morgan fingerprint density at radius 1 is 0.884 bits per heavy atom. The summed E-state index contributed by atoms with van der Waals surface area (Å²) in [7, 11) is 7.93. The molecule has 0 spiro atoms. The number of carbonyl (C=O) groups excluding carboxylic acids is 1. The van der Waals surface area contributed by atoms with Crippen LogP contribution in [0.3, 0.4) is 0 Å². The molecule has 0 unspecified atom stereocenters. The van der Waals surface area contributed by atoms with Crippen LogP contribution in [0.5, 0.6) is 0 Å². The largest absolute Gasteiger partial charge is 0.459 e. The molecule has 4 saturated heterocycles. The molecule has 86 heavy (non-hydrogen) atoms. The predicted octanol–water partition coefficient (Wildman–Crippen LogP) is 5.24. The highest BCUT2D eigenvalue weighted by atomic mass is 19.1. The number of rotatable bonds is 21. The van der Waals surface area contributed by atoms with Gasteiger partial charge in [-0.15, -0.1) is 5.10 Å². The highest BCUT2D eigenvalue weighted by Gasteiger charge is 2.54. The number of hydrogen-bond donors (Lipinski definition) is 4. The molecule has 2 aromatic heterocycles. The van der Waals surface area contributed by atoms with E-state index in [-0.39, 0.29) is 26.1 Å². The predicted molar refractivity (Wildman–Crippen MR) is 314 cm³/mol. The SMILES string of the molecule is CC[C@H]1OC(=O)[C@H](C)[C@@H](O[C@H]2C[C@@](C)(OC)[C@@H](O)[C@H](C)O2)[C@H](C)[C@@H](O[C@@H]2O[C@H](C)C[C@H](N(C)CCc3cn([C@H](CF)[C@H](OC)c4ccc(-c5cnc(N6CCOCC6)nc5)cc4)nn3)[C@H]2O)[C@](C)(OC)C[C@@H](C)/C(=N\OCOC)[C@H](C)[C@@H](O)[C@]1(C)O. The van der Waals surface area contributed by atoms with Gasteiger partial charge in [-0.1, -0.05) is 62.3 Å². The number of alkyl halides is 1. The summed E-state index contributed by atoms with van der Waals surface area (Å²) in [5, 5.41) is 61.3. The molecule has 6 heterocycles. The van der Waals surface area contributed by atoms with E-state index in [0.29, 0.717) is 50.0 Å². The lowest BCUT2D eigenvalue weighted by Crippen LogP contribution is -2.61. The van der Waals surface area contributed by atoms with Crippen LogP contribution in [-0.2, 0) is 63.4 Å². The maximum atomic E-state index is 15.2. The minimum Gasteiger partial charge on any atom is -0.459 e.